The van der Waals surface area contributed by atoms with Crippen LogP contribution in [0.2, 0.25) is 0 Å². The smallest absolute Gasteiger partial charge is 0.0622 e. The maximum atomic E-state index is 6.57. The van der Waals surface area contributed by atoms with Crippen LogP contribution in [-0.4, -0.2) is 20.9 Å². The zero-order chi connectivity index (χ0) is 16.3. The zero-order valence-electron chi connectivity index (χ0n) is 13.6. The van der Waals surface area contributed by atoms with Crippen LogP contribution in [0.1, 0.15) is 0 Å². The van der Waals surface area contributed by atoms with Crippen molar-refractivity contribution in [1.82, 2.24) is 0 Å². The lowest BCUT2D eigenvalue weighted by Gasteiger charge is -2.24. The van der Waals surface area contributed by atoms with E-state index in [1.54, 1.807) is 0 Å². The van der Waals surface area contributed by atoms with Crippen LogP contribution in [0.25, 0.3) is 0 Å². The first-order valence-electron chi connectivity index (χ1n) is 7.70. The summed E-state index contributed by atoms with van der Waals surface area (Å²) in [5.41, 5.74) is 0. The van der Waals surface area contributed by atoms with Crippen LogP contribution in [0.15, 0.2) is 84.9 Å². The van der Waals surface area contributed by atoms with Crippen molar-refractivity contribution in [2.24, 2.45) is 0 Å². The van der Waals surface area contributed by atoms with E-state index < -0.39 is 15.1 Å². The molecule has 0 nitrogen and oxygen atoms in total. The molecule has 0 aliphatic carbocycles. The summed E-state index contributed by atoms with van der Waals surface area (Å²) in [4.78, 5) is 0. The van der Waals surface area contributed by atoms with E-state index in [0.717, 1.165) is 0 Å². The Balaban J connectivity index is 2.22. The Morgan fingerprint density at radius 3 is 1.57 bits per heavy atom. The van der Waals surface area contributed by atoms with E-state index in [1.807, 2.05) is 0 Å². The van der Waals surface area contributed by atoms with Gasteiger partial charge in [-0.2, -0.15) is 0 Å². The Kier molecular flexibility index (Phi) is 5.00. The van der Waals surface area contributed by atoms with E-state index >= 15 is 0 Å². The van der Waals surface area contributed by atoms with Gasteiger partial charge in [-0.15, -0.1) is 0 Å². The maximum Gasteiger partial charge on any atom is 0.370 e. The topological polar surface area (TPSA) is 0 Å². The fourth-order valence-electron chi connectivity index (χ4n) is 2.72. The third-order valence-electron chi connectivity index (χ3n) is 3.77. The summed E-state index contributed by atoms with van der Waals surface area (Å²) in [5.74, 6) is 0. The van der Waals surface area contributed by atoms with E-state index in [-0.39, 0.29) is 0 Å². The molecule has 23 heavy (non-hydrogen) atoms. The summed E-state index contributed by atoms with van der Waals surface area (Å²) in [6, 6.07) is 30.3. The summed E-state index contributed by atoms with van der Waals surface area (Å²) in [6.45, 7) is 4.38. The van der Waals surface area contributed by atoms with Crippen LogP contribution in [-0.2, 0) is 0 Å². The standard InChI is InChI=1S/C20H20BP2/c1-23(2,21)20-16-10-9-15-19(20)22(17-11-5-3-6-12-17)18-13-7-4-8-14-18/h3-16H,1-2H3/q+1. The predicted molar refractivity (Wildman–Crippen MR) is 109 cm³/mol. The molecule has 3 aromatic rings. The first-order valence-corrected chi connectivity index (χ1v) is 11.8. The molecule has 2 radical (unpaired) electrons. The summed E-state index contributed by atoms with van der Waals surface area (Å²) >= 11 is 0. The summed E-state index contributed by atoms with van der Waals surface area (Å²) < 4.78 is 0. The highest BCUT2D eigenvalue weighted by molar-refractivity contribution is 8.03. The summed E-state index contributed by atoms with van der Waals surface area (Å²) in [6.07, 6.45) is 0. The fourth-order valence-corrected chi connectivity index (χ4v) is 7.26. The number of hydrogen-bond acceptors (Lipinski definition) is 0. The van der Waals surface area contributed by atoms with Crippen LogP contribution in [0.4, 0.5) is 0 Å². The van der Waals surface area contributed by atoms with Crippen molar-refractivity contribution in [3.63, 3.8) is 0 Å². The average molecular weight is 333 g/mol. The van der Waals surface area contributed by atoms with Gasteiger partial charge in [-0.25, -0.2) is 0 Å². The van der Waals surface area contributed by atoms with Gasteiger partial charge in [0.1, 0.15) is 0 Å². The molecule has 3 rings (SSSR count). The molecule has 0 fully saturated rings. The molecule has 0 N–H and O–H groups in total. The van der Waals surface area contributed by atoms with Gasteiger partial charge in [-0.1, -0.05) is 72.8 Å². The van der Waals surface area contributed by atoms with Crippen LogP contribution < -0.4 is 21.2 Å². The third-order valence-corrected chi connectivity index (χ3v) is 8.08. The van der Waals surface area contributed by atoms with Crippen molar-refractivity contribution in [2.45, 2.75) is 0 Å². The molecule has 112 valence electrons. The molecular weight excluding hydrogens is 313 g/mol. The van der Waals surface area contributed by atoms with Crippen molar-refractivity contribution in [1.29, 1.82) is 0 Å². The minimum Gasteiger partial charge on any atom is -0.0622 e. The first-order chi connectivity index (χ1) is 11.1. The highest BCUT2D eigenvalue weighted by Crippen LogP contribution is 2.46. The minimum atomic E-state index is -1.58. The number of hydrogen-bond donors (Lipinski definition) is 0. The minimum absolute atomic E-state index is 0.583. The van der Waals surface area contributed by atoms with E-state index in [9.17, 15) is 0 Å². The predicted octanol–water partition coefficient (Wildman–Crippen LogP) is 3.43. The van der Waals surface area contributed by atoms with Crippen LogP contribution in [0.5, 0.6) is 0 Å². The molecule has 0 atom stereocenters. The highest BCUT2D eigenvalue weighted by Gasteiger charge is 2.29. The van der Waals surface area contributed by atoms with Crippen LogP contribution in [0.3, 0.4) is 0 Å². The van der Waals surface area contributed by atoms with Gasteiger partial charge < -0.3 is 0 Å². The SMILES string of the molecule is [B][P+](C)(C)c1ccccc1P(c1ccccc1)c1ccccc1. The summed E-state index contributed by atoms with van der Waals surface area (Å²) in [5, 5.41) is 5.46. The molecule has 3 heteroatoms. The van der Waals surface area contributed by atoms with Crippen molar-refractivity contribution in [3.8, 4) is 0 Å². The lowest BCUT2D eigenvalue weighted by atomic mass is 10.3. The van der Waals surface area contributed by atoms with Gasteiger partial charge in [0, 0.05) is 18.6 Å². The Hall–Kier alpha value is -1.42. The molecular formula is C20H20BP2+. The van der Waals surface area contributed by atoms with Crippen molar-refractivity contribution < 1.29 is 0 Å². The molecule has 3 aromatic carbocycles. The summed E-state index contributed by atoms with van der Waals surface area (Å²) in [7, 11) is 4.41. The van der Waals surface area contributed by atoms with Crippen molar-refractivity contribution in [3.05, 3.63) is 84.9 Å². The van der Waals surface area contributed by atoms with Gasteiger partial charge in [0.25, 0.3) is 0 Å². The average Bonchev–Trinajstić information content (AvgIpc) is 2.57. The Bertz CT molecular complexity index is 725. The first kappa shape index (κ1) is 16.4. The van der Waals surface area contributed by atoms with Gasteiger partial charge in [0.2, 0.25) is 0 Å². The second-order valence-corrected chi connectivity index (χ2v) is 11.8. The van der Waals surface area contributed by atoms with Crippen molar-refractivity contribution >= 4 is 43.8 Å². The van der Waals surface area contributed by atoms with Crippen molar-refractivity contribution in [2.75, 3.05) is 13.3 Å². The molecule has 0 saturated heterocycles. The Labute approximate surface area is 142 Å². The highest BCUT2D eigenvalue weighted by atomic mass is 31.2. The quantitative estimate of drug-likeness (QED) is 0.507. The van der Waals surface area contributed by atoms with E-state index in [4.69, 9.17) is 7.57 Å². The van der Waals surface area contributed by atoms with E-state index in [0.29, 0.717) is 0 Å². The van der Waals surface area contributed by atoms with E-state index in [2.05, 4.69) is 98.3 Å². The molecule has 0 aliphatic rings. The Morgan fingerprint density at radius 2 is 1.09 bits per heavy atom. The molecule has 0 bridgehead atoms. The lowest BCUT2D eigenvalue weighted by molar-refractivity contribution is 1.75. The molecule has 0 saturated carbocycles. The molecule has 0 unspecified atom stereocenters. The van der Waals surface area contributed by atoms with Gasteiger partial charge in [0.05, 0.1) is 5.30 Å². The number of benzene rings is 3. The van der Waals surface area contributed by atoms with Gasteiger partial charge in [0.15, 0.2) is 0 Å². The molecule has 0 amide bonds. The zero-order valence-corrected chi connectivity index (χ0v) is 15.3. The van der Waals surface area contributed by atoms with Crippen LogP contribution >= 0.6 is 15.1 Å². The third kappa shape index (κ3) is 3.74. The van der Waals surface area contributed by atoms with Gasteiger partial charge >= 0.3 is 7.57 Å². The van der Waals surface area contributed by atoms with Crippen LogP contribution in [0, 0.1) is 0 Å². The second-order valence-electron chi connectivity index (χ2n) is 6.04. The molecule has 0 heterocycles. The Morgan fingerprint density at radius 1 is 0.652 bits per heavy atom. The largest absolute Gasteiger partial charge is 0.370 e. The molecule has 0 aliphatic heterocycles. The van der Waals surface area contributed by atoms with E-state index in [1.165, 1.54) is 21.2 Å². The fraction of sp³-hybridized carbons (Fsp3) is 0.100. The normalized spacial score (nSPS) is 11.6. The second kappa shape index (κ2) is 7.00. The van der Waals surface area contributed by atoms with Gasteiger partial charge in [-0.05, 0) is 37.8 Å². The number of rotatable bonds is 4. The maximum absolute atomic E-state index is 6.57. The molecule has 0 aromatic heterocycles. The monoisotopic (exact) mass is 333 g/mol. The van der Waals surface area contributed by atoms with Gasteiger partial charge in [-0.3, -0.25) is 0 Å². The molecule has 0 spiro atoms. The lowest BCUT2D eigenvalue weighted by Crippen LogP contribution is -2.32.